The third kappa shape index (κ3) is 4.82. The van der Waals surface area contributed by atoms with Crippen molar-refractivity contribution < 1.29 is 14.3 Å². The summed E-state index contributed by atoms with van der Waals surface area (Å²) >= 11 is 0. The highest BCUT2D eigenvalue weighted by molar-refractivity contribution is 5.91. The fraction of sp³-hybridized carbons (Fsp3) is 0.389. The highest BCUT2D eigenvalue weighted by atomic mass is 16.7. The molecule has 0 radical (unpaired) electrons. The van der Waals surface area contributed by atoms with Crippen LogP contribution in [0.3, 0.4) is 0 Å². The number of aromatic nitrogens is 2. The fourth-order valence-corrected chi connectivity index (χ4v) is 2.47. The molecule has 1 aliphatic heterocycles. The van der Waals surface area contributed by atoms with Crippen LogP contribution in [0, 0.1) is 0 Å². The molecule has 2 aromatic rings. The van der Waals surface area contributed by atoms with Gasteiger partial charge < -0.3 is 25.0 Å². The zero-order valence-corrected chi connectivity index (χ0v) is 15.0. The van der Waals surface area contributed by atoms with Gasteiger partial charge in [0.15, 0.2) is 11.5 Å². The van der Waals surface area contributed by atoms with Crippen LogP contribution in [-0.4, -0.2) is 54.8 Å². The third-order valence-electron chi connectivity index (χ3n) is 3.86. The molecule has 1 aromatic heterocycles. The van der Waals surface area contributed by atoms with Gasteiger partial charge in [0.05, 0.1) is 12.4 Å². The molecule has 0 fully saturated rings. The maximum absolute atomic E-state index is 12.0. The average molecular weight is 357 g/mol. The molecule has 1 aliphatic rings. The van der Waals surface area contributed by atoms with Gasteiger partial charge in [0, 0.05) is 13.1 Å². The molecule has 138 valence electrons. The highest BCUT2D eigenvalue weighted by Gasteiger charge is 2.13. The molecule has 0 aliphatic carbocycles. The number of rotatable bonds is 8. The lowest BCUT2D eigenvalue weighted by Gasteiger charge is -2.10. The zero-order chi connectivity index (χ0) is 18.4. The molecule has 1 amide bonds. The van der Waals surface area contributed by atoms with Gasteiger partial charge in [0.1, 0.15) is 11.5 Å². The molecule has 0 atom stereocenters. The first-order chi connectivity index (χ1) is 12.6. The summed E-state index contributed by atoms with van der Waals surface area (Å²) in [7, 11) is 4.01. The summed E-state index contributed by atoms with van der Waals surface area (Å²) in [6.45, 7) is 2.37. The second kappa shape index (κ2) is 8.48. The Morgan fingerprint density at radius 2 is 2.04 bits per heavy atom. The number of carbonyl (C=O) groups excluding carboxylic acids is 1. The topological polar surface area (TPSA) is 88.6 Å². The van der Waals surface area contributed by atoms with Gasteiger partial charge in [-0.05, 0) is 44.8 Å². The number of nitrogens with zero attached hydrogens (tertiary/aromatic N) is 3. The van der Waals surface area contributed by atoms with Crippen LogP contribution in [0.5, 0.6) is 11.5 Å². The number of carbonyl (C=O) groups is 1. The molecule has 2 heterocycles. The molecule has 8 nitrogen and oxygen atoms in total. The summed E-state index contributed by atoms with van der Waals surface area (Å²) in [5, 5.41) is 6.02. The predicted molar refractivity (Wildman–Crippen MR) is 97.4 cm³/mol. The van der Waals surface area contributed by atoms with Gasteiger partial charge in [-0.3, -0.25) is 4.79 Å². The van der Waals surface area contributed by atoms with Crippen molar-refractivity contribution in [3.63, 3.8) is 0 Å². The first-order valence-corrected chi connectivity index (χ1v) is 8.49. The van der Waals surface area contributed by atoms with Crippen LogP contribution in [0.25, 0.3) is 0 Å². The number of amides is 1. The molecular weight excluding hydrogens is 334 g/mol. The Labute approximate surface area is 152 Å². The third-order valence-corrected chi connectivity index (χ3v) is 3.86. The van der Waals surface area contributed by atoms with Crippen LogP contribution in [0.1, 0.15) is 22.5 Å². The molecule has 8 heteroatoms. The van der Waals surface area contributed by atoms with Gasteiger partial charge in [-0.2, -0.15) is 0 Å². The number of hydrogen-bond donors (Lipinski definition) is 2. The summed E-state index contributed by atoms with van der Waals surface area (Å²) in [5.74, 6) is 1.90. The van der Waals surface area contributed by atoms with Crippen molar-refractivity contribution in [2.75, 3.05) is 39.3 Å². The number of benzene rings is 1. The summed E-state index contributed by atoms with van der Waals surface area (Å²) in [6, 6.07) is 5.77. The molecule has 26 heavy (non-hydrogen) atoms. The fourth-order valence-electron chi connectivity index (χ4n) is 2.47. The summed E-state index contributed by atoms with van der Waals surface area (Å²) in [4.78, 5) is 22.5. The first kappa shape index (κ1) is 17.9. The van der Waals surface area contributed by atoms with Gasteiger partial charge in [-0.25, -0.2) is 9.97 Å². The minimum Gasteiger partial charge on any atom is -0.454 e. The lowest BCUT2D eigenvalue weighted by Crippen LogP contribution is -2.27. The second-order valence-electron chi connectivity index (χ2n) is 6.24. The Kier molecular flexibility index (Phi) is 5.85. The van der Waals surface area contributed by atoms with Crippen molar-refractivity contribution in [1.29, 1.82) is 0 Å². The van der Waals surface area contributed by atoms with E-state index in [1.54, 1.807) is 6.20 Å². The van der Waals surface area contributed by atoms with E-state index in [-0.39, 0.29) is 12.7 Å². The van der Waals surface area contributed by atoms with E-state index >= 15 is 0 Å². The minimum atomic E-state index is -0.210. The van der Waals surface area contributed by atoms with E-state index in [4.69, 9.17) is 9.47 Å². The molecule has 2 N–H and O–H groups in total. The largest absolute Gasteiger partial charge is 0.454 e. The number of fused-ring (bicyclic) bond motifs is 1. The standard InChI is InChI=1S/C18H23N5O3/c1-23(2)7-3-6-19-18(24)14-10-22-17(11-20-14)21-9-13-4-5-15-16(8-13)26-12-25-15/h4-5,8,10-11H,3,6-7,9,12H2,1-2H3,(H,19,24)(H,21,22). The molecule has 3 rings (SSSR count). The lowest BCUT2D eigenvalue weighted by atomic mass is 10.2. The maximum Gasteiger partial charge on any atom is 0.271 e. The smallest absolute Gasteiger partial charge is 0.271 e. The van der Waals surface area contributed by atoms with E-state index in [1.165, 1.54) is 6.20 Å². The van der Waals surface area contributed by atoms with Crippen LogP contribution in [0.4, 0.5) is 5.82 Å². The number of ether oxygens (including phenoxy) is 2. The van der Waals surface area contributed by atoms with Crippen LogP contribution < -0.4 is 20.1 Å². The van der Waals surface area contributed by atoms with Gasteiger partial charge in [-0.1, -0.05) is 6.07 Å². The van der Waals surface area contributed by atoms with Crippen molar-refractivity contribution >= 4 is 11.7 Å². The maximum atomic E-state index is 12.0. The summed E-state index contributed by atoms with van der Waals surface area (Å²) in [5.41, 5.74) is 1.35. The van der Waals surface area contributed by atoms with Crippen LogP contribution >= 0.6 is 0 Å². The van der Waals surface area contributed by atoms with E-state index in [0.29, 0.717) is 24.6 Å². The van der Waals surface area contributed by atoms with Gasteiger partial charge in [-0.15, -0.1) is 0 Å². The molecule has 0 spiro atoms. The van der Waals surface area contributed by atoms with Crippen LogP contribution in [0.15, 0.2) is 30.6 Å². The first-order valence-electron chi connectivity index (χ1n) is 8.49. The molecule has 0 bridgehead atoms. The summed E-state index contributed by atoms with van der Waals surface area (Å²) < 4.78 is 10.7. The van der Waals surface area contributed by atoms with E-state index < -0.39 is 0 Å². The monoisotopic (exact) mass is 357 g/mol. The minimum absolute atomic E-state index is 0.210. The average Bonchev–Trinajstić information content (AvgIpc) is 3.11. The Balaban J connectivity index is 1.47. The van der Waals surface area contributed by atoms with Crippen molar-refractivity contribution in [2.45, 2.75) is 13.0 Å². The van der Waals surface area contributed by atoms with Crippen molar-refractivity contribution in [1.82, 2.24) is 20.2 Å². The van der Waals surface area contributed by atoms with E-state index in [9.17, 15) is 4.79 Å². The van der Waals surface area contributed by atoms with Crippen LogP contribution in [0.2, 0.25) is 0 Å². The normalized spacial score (nSPS) is 12.3. The zero-order valence-electron chi connectivity index (χ0n) is 15.0. The molecule has 0 unspecified atom stereocenters. The van der Waals surface area contributed by atoms with E-state index in [2.05, 4.69) is 25.5 Å². The molecular formula is C18H23N5O3. The van der Waals surface area contributed by atoms with E-state index in [1.807, 2.05) is 32.3 Å². The van der Waals surface area contributed by atoms with Gasteiger partial charge >= 0.3 is 0 Å². The molecule has 0 saturated heterocycles. The van der Waals surface area contributed by atoms with Crippen molar-refractivity contribution in [3.8, 4) is 11.5 Å². The van der Waals surface area contributed by atoms with Crippen molar-refractivity contribution in [3.05, 3.63) is 41.9 Å². The lowest BCUT2D eigenvalue weighted by molar-refractivity contribution is 0.0947. The van der Waals surface area contributed by atoms with E-state index in [0.717, 1.165) is 30.0 Å². The molecule has 0 saturated carbocycles. The van der Waals surface area contributed by atoms with Gasteiger partial charge in [0.25, 0.3) is 5.91 Å². The Bertz CT molecular complexity index is 749. The number of nitrogens with one attached hydrogen (secondary N) is 2. The Morgan fingerprint density at radius 3 is 2.81 bits per heavy atom. The SMILES string of the molecule is CN(C)CCCNC(=O)c1cnc(NCc2ccc3c(c2)OCO3)cn1. The number of hydrogen-bond acceptors (Lipinski definition) is 7. The quantitative estimate of drug-likeness (QED) is 0.692. The highest BCUT2D eigenvalue weighted by Crippen LogP contribution is 2.32. The number of anilines is 1. The van der Waals surface area contributed by atoms with Crippen molar-refractivity contribution in [2.24, 2.45) is 0 Å². The second-order valence-corrected chi connectivity index (χ2v) is 6.24. The van der Waals surface area contributed by atoms with Gasteiger partial charge in [0.2, 0.25) is 6.79 Å². The van der Waals surface area contributed by atoms with Crippen LogP contribution in [-0.2, 0) is 6.54 Å². The summed E-state index contributed by atoms with van der Waals surface area (Å²) in [6.07, 6.45) is 3.92. The Hall–Kier alpha value is -2.87. The predicted octanol–water partition coefficient (Wildman–Crippen LogP) is 1.50. The molecule has 1 aromatic carbocycles. The Morgan fingerprint density at radius 1 is 1.19 bits per heavy atom.